The molecule has 2 aromatic carbocycles. The van der Waals surface area contributed by atoms with Gasteiger partial charge < -0.3 is 0 Å². The molecule has 0 saturated carbocycles. The van der Waals surface area contributed by atoms with Crippen LogP contribution in [-0.4, -0.2) is 26.0 Å². The molecule has 0 aliphatic rings. The van der Waals surface area contributed by atoms with Gasteiger partial charge in [0.05, 0.1) is 15.9 Å². The van der Waals surface area contributed by atoms with Gasteiger partial charge in [0.1, 0.15) is 10.6 Å². The molecule has 0 unspecified atom stereocenters. The monoisotopic (exact) mass is 427 g/mol. The number of rotatable bonds is 5. The van der Waals surface area contributed by atoms with Crippen LogP contribution >= 0.6 is 11.3 Å². The Balaban J connectivity index is 1.94. The second-order valence-corrected chi connectivity index (χ2v) is 7.70. The van der Waals surface area contributed by atoms with E-state index in [-0.39, 0.29) is 10.7 Å². The maximum atomic E-state index is 12.6. The summed E-state index contributed by atoms with van der Waals surface area (Å²) in [6.45, 7) is 7.97. The maximum Gasteiger partial charge on any atom is 0.289 e. The SMILES string of the molecule is Cc1cc(C)c(C)c(-c2nnc(NC(=O)c3ccc([N+](=O)[O-])cc3[N+](=O)[O-])s2)c1C. The zero-order valence-corrected chi connectivity index (χ0v) is 17.4. The van der Waals surface area contributed by atoms with Crippen LogP contribution in [0.2, 0.25) is 0 Å². The van der Waals surface area contributed by atoms with Gasteiger partial charge in [-0.1, -0.05) is 17.4 Å². The number of non-ortho nitro benzene ring substituents is 1. The molecular formula is C19H17N5O5S. The third-order valence-corrected chi connectivity index (χ3v) is 5.71. The van der Waals surface area contributed by atoms with Gasteiger partial charge in [-0.2, -0.15) is 0 Å². The molecule has 11 heteroatoms. The maximum absolute atomic E-state index is 12.6. The minimum Gasteiger partial charge on any atom is -0.296 e. The quantitative estimate of drug-likeness (QED) is 0.466. The number of amides is 1. The lowest BCUT2D eigenvalue weighted by Gasteiger charge is -2.12. The van der Waals surface area contributed by atoms with E-state index in [0.717, 1.165) is 57.4 Å². The number of hydrogen-bond donors (Lipinski definition) is 1. The molecule has 0 atom stereocenters. The fraction of sp³-hybridized carbons (Fsp3) is 0.211. The lowest BCUT2D eigenvalue weighted by molar-refractivity contribution is -0.394. The van der Waals surface area contributed by atoms with Gasteiger partial charge in [-0.25, -0.2) is 0 Å². The van der Waals surface area contributed by atoms with Crippen molar-refractivity contribution in [1.82, 2.24) is 10.2 Å². The molecule has 0 saturated heterocycles. The van der Waals surface area contributed by atoms with Gasteiger partial charge in [-0.15, -0.1) is 10.2 Å². The first-order valence-electron chi connectivity index (χ1n) is 8.75. The predicted octanol–water partition coefficient (Wildman–Crippen LogP) is 4.51. The first-order valence-corrected chi connectivity index (χ1v) is 9.57. The van der Waals surface area contributed by atoms with Gasteiger partial charge in [-0.05, 0) is 56.0 Å². The highest BCUT2D eigenvalue weighted by Crippen LogP contribution is 2.35. The van der Waals surface area contributed by atoms with Crippen molar-refractivity contribution in [3.8, 4) is 10.6 Å². The summed E-state index contributed by atoms with van der Waals surface area (Å²) in [6, 6.07) is 4.93. The number of nitro benzene ring substituents is 2. The summed E-state index contributed by atoms with van der Waals surface area (Å²) in [4.78, 5) is 33.1. The topological polar surface area (TPSA) is 141 Å². The van der Waals surface area contributed by atoms with Crippen LogP contribution in [0.3, 0.4) is 0 Å². The number of hydrogen-bond acceptors (Lipinski definition) is 8. The van der Waals surface area contributed by atoms with E-state index in [9.17, 15) is 25.0 Å². The van der Waals surface area contributed by atoms with Crippen LogP contribution in [0, 0.1) is 47.9 Å². The molecule has 0 aliphatic heterocycles. The number of benzene rings is 2. The van der Waals surface area contributed by atoms with Crippen molar-refractivity contribution in [2.75, 3.05) is 5.32 Å². The van der Waals surface area contributed by atoms with Gasteiger partial charge in [0.25, 0.3) is 17.3 Å². The van der Waals surface area contributed by atoms with Crippen molar-refractivity contribution in [2.45, 2.75) is 27.7 Å². The number of carbonyl (C=O) groups excluding carboxylic acids is 1. The summed E-state index contributed by atoms with van der Waals surface area (Å²) in [6.07, 6.45) is 0. The Morgan fingerprint density at radius 3 is 2.17 bits per heavy atom. The lowest BCUT2D eigenvalue weighted by Crippen LogP contribution is -2.14. The van der Waals surface area contributed by atoms with Gasteiger partial charge in [-0.3, -0.25) is 30.3 Å². The smallest absolute Gasteiger partial charge is 0.289 e. The fourth-order valence-electron chi connectivity index (χ4n) is 3.05. The average Bonchev–Trinajstić information content (AvgIpc) is 3.14. The first kappa shape index (κ1) is 21.0. The van der Waals surface area contributed by atoms with E-state index in [1.165, 1.54) is 0 Å². The van der Waals surface area contributed by atoms with Gasteiger partial charge in [0, 0.05) is 11.6 Å². The van der Waals surface area contributed by atoms with Crippen molar-refractivity contribution in [1.29, 1.82) is 0 Å². The van der Waals surface area contributed by atoms with E-state index < -0.39 is 27.1 Å². The summed E-state index contributed by atoms with van der Waals surface area (Å²) in [5.74, 6) is -0.798. The molecule has 3 aromatic rings. The van der Waals surface area contributed by atoms with Crippen LogP contribution in [0.15, 0.2) is 24.3 Å². The normalized spacial score (nSPS) is 10.7. The Labute approximate surface area is 174 Å². The van der Waals surface area contributed by atoms with E-state index in [1.54, 1.807) is 0 Å². The number of nitro groups is 2. The van der Waals surface area contributed by atoms with Crippen LogP contribution in [0.4, 0.5) is 16.5 Å². The zero-order valence-electron chi connectivity index (χ0n) is 16.5. The molecular weight excluding hydrogens is 410 g/mol. The van der Waals surface area contributed by atoms with Gasteiger partial charge in [0.15, 0.2) is 0 Å². The molecule has 1 heterocycles. The Bertz CT molecular complexity index is 1180. The molecule has 0 aliphatic carbocycles. The zero-order chi connectivity index (χ0) is 22.2. The second-order valence-electron chi connectivity index (χ2n) is 6.72. The lowest BCUT2D eigenvalue weighted by atomic mass is 9.95. The van der Waals surface area contributed by atoms with Crippen LogP contribution < -0.4 is 5.32 Å². The van der Waals surface area contributed by atoms with Gasteiger partial charge >= 0.3 is 0 Å². The number of aryl methyl sites for hydroxylation is 2. The van der Waals surface area contributed by atoms with E-state index in [4.69, 9.17) is 0 Å². The van der Waals surface area contributed by atoms with E-state index in [2.05, 4.69) is 21.6 Å². The summed E-state index contributed by atoms with van der Waals surface area (Å²) in [5.41, 5.74) is 3.82. The molecule has 3 rings (SSSR count). The molecule has 154 valence electrons. The third-order valence-electron chi connectivity index (χ3n) is 4.86. The predicted molar refractivity (Wildman–Crippen MR) is 112 cm³/mol. The molecule has 30 heavy (non-hydrogen) atoms. The van der Waals surface area contributed by atoms with Crippen LogP contribution in [0.25, 0.3) is 10.6 Å². The molecule has 1 N–H and O–H groups in total. The molecule has 10 nitrogen and oxygen atoms in total. The van der Waals surface area contributed by atoms with Crippen molar-refractivity contribution < 1.29 is 14.6 Å². The first-order chi connectivity index (χ1) is 14.1. The van der Waals surface area contributed by atoms with E-state index >= 15 is 0 Å². The molecule has 0 bridgehead atoms. The summed E-state index contributed by atoms with van der Waals surface area (Å²) >= 11 is 1.14. The summed E-state index contributed by atoms with van der Waals surface area (Å²) < 4.78 is 0. The summed E-state index contributed by atoms with van der Waals surface area (Å²) in [7, 11) is 0. The second kappa shape index (κ2) is 7.95. The number of nitrogens with one attached hydrogen (secondary N) is 1. The highest BCUT2D eigenvalue weighted by molar-refractivity contribution is 7.18. The van der Waals surface area contributed by atoms with Crippen molar-refractivity contribution in [2.24, 2.45) is 0 Å². The minimum atomic E-state index is -0.838. The van der Waals surface area contributed by atoms with Crippen molar-refractivity contribution >= 4 is 33.8 Å². The standard InChI is InChI=1S/C19H17N5O5S/c1-9-7-10(2)12(4)16(11(9)3)18-21-22-19(30-18)20-17(25)14-6-5-13(23(26)27)8-15(14)24(28)29/h5-8H,1-4H3,(H,20,22,25). The number of aromatic nitrogens is 2. The molecule has 1 amide bonds. The highest BCUT2D eigenvalue weighted by atomic mass is 32.1. The third kappa shape index (κ3) is 3.87. The van der Waals surface area contributed by atoms with Gasteiger partial charge in [0.2, 0.25) is 5.13 Å². The van der Waals surface area contributed by atoms with E-state index in [1.807, 2.05) is 27.7 Å². The largest absolute Gasteiger partial charge is 0.296 e. The van der Waals surface area contributed by atoms with Crippen molar-refractivity contribution in [3.63, 3.8) is 0 Å². The van der Waals surface area contributed by atoms with Crippen LogP contribution in [0.1, 0.15) is 32.6 Å². The Hall–Kier alpha value is -3.73. The Morgan fingerprint density at radius 1 is 0.967 bits per heavy atom. The molecule has 0 spiro atoms. The molecule has 1 aromatic heterocycles. The van der Waals surface area contributed by atoms with Crippen LogP contribution in [0.5, 0.6) is 0 Å². The Morgan fingerprint density at radius 2 is 1.60 bits per heavy atom. The molecule has 0 fully saturated rings. The summed E-state index contributed by atoms with van der Waals surface area (Å²) in [5, 5.41) is 33.5. The fourth-order valence-corrected chi connectivity index (χ4v) is 3.95. The van der Waals surface area contributed by atoms with Crippen LogP contribution in [-0.2, 0) is 0 Å². The molecule has 0 radical (unpaired) electrons. The number of anilines is 1. The Kier molecular flexibility index (Phi) is 5.56. The average molecular weight is 427 g/mol. The number of carbonyl (C=O) groups is 1. The highest BCUT2D eigenvalue weighted by Gasteiger charge is 2.25. The van der Waals surface area contributed by atoms with Crippen molar-refractivity contribution in [3.05, 3.63) is 72.3 Å². The number of nitrogens with zero attached hydrogens (tertiary/aromatic N) is 4. The van der Waals surface area contributed by atoms with E-state index in [0.29, 0.717) is 5.01 Å². The minimum absolute atomic E-state index is 0.167.